The Kier molecular flexibility index (Phi) is 8.19. The van der Waals surface area contributed by atoms with Crippen molar-refractivity contribution in [1.29, 1.82) is 0 Å². The molecule has 43 heavy (non-hydrogen) atoms. The largest absolute Gasteiger partial charge is 0.488 e. The van der Waals surface area contributed by atoms with E-state index in [9.17, 15) is 9.90 Å². The molecule has 0 aliphatic carbocycles. The molecule has 0 bridgehead atoms. The minimum absolute atomic E-state index is 0.0128. The molecule has 0 amide bonds. The van der Waals surface area contributed by atoms with E-state index in [1.165, 1.54) is 33.1 Å². The van der Waals surface area contributed by atoms with Gasteiger partial charge in [0.25, 0.3) is 0 Å². The average Bonchev–Trinajstić information content (AvgIpc) is 3.68. The predicted molar refractivity (Wildman–Crippen MR) is 163 cm³/mol. The van der Waals surface area contributed by atoms with Gasteiger partial charge in [0.1, 0.15) is 17.9 Å². The van der Waals surface area contributed by atoms with Crippen molar-refractivity contribution in [3.05, 3.63) is 88.1 Å². The quantitative estimate of drug-likeness (QED) is 0.266. The summed E-state index contributed by atoms with van der Waals surface area (Å²) < 4.78 is 19.4. The van der Waals surface area contributed by atoms with Crippen LogP contribution in [0.25, 0.3) is 17.1 Å². The van der Waals surface area contributed by atoms with Crippen molar-refractivity contribution in [2.45, 2.75) is 65.8 Å². The van der Waals surface area contributed by atoms with Gasteiger partial charge in [-0.1, -0.05) is 30.3 Å². The molecule has 9 heteroatoms. The number of carbonyl (C=O) groups is 1. The van der Waals surface area contributed by atoms with E-state index in [-0.39, 0.29) is 17.5 Å². The van der Waals surface area contributed by atoms with E-state index in [2.05, 4.69) is 29.1 Å². The van der Waals surface area contributed by atoms with Crippen LogP contribution in [0.15, 0.2) is 54.7 Å². The van der Waals surface area contributed by atoms with Crippen LogP contribution >= 0.6 is 0 Å². The number of fused-ring (bicyclic) bond motifs is 1. The second-order valence-corrected chi connectivity index (χ2v) is 11.6. The van der Waals surface area contributed by atoms with Gasteiger partial charge in [0, 0.05) is 31.3 Å². The Morgan fingerprint density at radius 2 is 1.98 bits per heavy atom. The van der Waals surface area contributed by atoms with Crippen LogP contribution in [-0.2, 0) is 24.3 Å². The zero-order chi connectivity index (χ0) is 30.1. The molecule has 9 nitrogen and oxygen atoms in total. The molecule has 1 atom stereocenters. The molecular weight excluding hydrogens is 544 g/mol. The molecular formula is C34H38N4O5. The third-order valence-corrected chi connectivity index (χ3v) is 8.37. The Balaban J connectivity index is 1.26. The number of rotatable bonds is 9. The molecule has 0 saturated carbocycles. The number of aromatic carboxylic acids is 1. The first kappa shape index (κ1) is 28.9. The second-order valence-electron chi connectivity index (χ2n) is 11.6. The van der Waals surface area contributed by atoms with Gasteiger partial charge in [0.15, 0.2) is 5.82 Å². The SMILES string of the molecule is Cc1cccc(-c2cccc(-n3ncc(C(=O)O)c3OC(C)C)n2)c1OCc1ccc2c(c1C)CCN([C@H]1CCOC1)C2. The standard InChI is InChI=1S/C34H38N4O5/c1-21(2)43-33-29(34(39)40)17-35-38(33)31-10-6-9-30(36-31)28-8-5-7-22(3)32(28)42-19-25-12-11-24-18-37(26-14-16-41-20-26)15-13-27(24)23(25)4/h5-12,17,21,26H,13-16,18-20H2,1-4H3,(H,39,40)/t26-/m0/s1. The Morgan fingerprint density at radius 1 is 1.14 bits per heavy atom. The number of para-hydroxylation sites is 1. The zero-order valence-corrected chi connectivity index (χ0v) is 25.2. The van der Waals surface area contributed by atoms with Gasteiger partial charge in [-0.2, -0.15) is 9.78 Å². The summed E-state index contributed by atoms with van der Waals surface area (Å²) in [5.41, 5.74) is 7.87. The molecule has 0 unspecified atom stereocenters. The Hall–Kier alpha value is -4.21. The van der Waals surface area contributed by atoms with Gasteiger partial charge < -0.3 is 19.3 Å². The molecule has 4 aromatic rings. The Labute approximate surface area is 252 Å². The average molecular weight is 583 g/mol. The van der Waals surface area contributed by atoms with E-state index >= 15 is 0 Å². The normalized spacial score (nSPS) is 16.8. The molecule has 2 aromatic carbocycles. The van der Waals surface area contributed by atoms with Crippen LogP contribution in [0.4, 0.5) is 0 Å². The first-order valence-electron chi connectivity index (χ1n) is 14.9. The van der Waals surface area contributed by atoms with Crippen LogP contribution in [0.3, 0.4) is 0 Å². The maximum Gasteiger partial charge on any atom is 0.342 e. The fraction of sp³-hybridized carbons (Fsp3) is 0.382. The fourth-order valence-electron chi connectivity index (χ4n) is 6.06. The van der Waals surface area contributed by atoms with Gasteiger partial charge in [-0.05, 0) is 86.6 Å². The molecule has 2 aliphatic rings. The van der Waals surface area contributed by atoms with Crippen molar-refractivity contribution in [3.63, 3.8) is 0 Å². The van der Waals surface area contributed by atoms with Crippen LogP contribution in [0.2, 0.25) is 0 Å². The third-order valence-electron chi connectivity index (χ3n) is 8.37. The van der Waals surface area contributed by atoms with Crippen molar-refractivity contribution >= 4 is 5.97 Å². The molecule has 2 aliphatic heterocycles. The minimum Gasteiger partial charge on any atom is -0.488 e. The number of aryl methyl sites for hydroxylation is 1. The number of hydrogen-bond acceptors (Lipinski definition) is 7. The van der Waals surface area contributed by atoms with E-state index in [0.717, 1.165) is 56.0 Å². The molecule has 0 spiro atoms. The van der Waals surface area contributed by atoms with Gasteiger partial charge >= 0.3 is 5.97 Å². The fourth-order valence-corrected chi connectivity index (χ4v) is 6.06. The van der Waals surface area contributed by atoms with Crippen LogP contribution in [0, 0.1) is 13.8 Å². The summed E-state index contributed by atoms with van der Waals surface area (Å²) in [6, 6.07) is 16.6. The summed E-state index contributed by atoms with van der Waals surface area (Å²) in [6.45, 7) is 12.1. The van der Waals surface area contributed by atoms with Crippen molar-refractivity contribution < 1.29 is 24.1 Å². The third kappa shape index (κ3) is 5.87. The monoisotopic (exact) mass is 582 g/mol. The minimum atomic E-state index is -1.11. The molecule has 1 saturated heterocycles. The molecule has 1 N–H and O–H groups in total. The topological polar surface area (TPSA) is 98.9 Å². The summed E-state index contributed by atoms with van der Waals surface area (Å²) in [6.07, 6.45) is 3.21. The smallest absolute Gasteiger partial charge is 0.342 e. The van der Waals surface area contributed by atoms with Crippen molar-refractivity contribution in [2.24, 2.45) is 0 Å². The summed E-state index contributed by atoms with van der Waals surface area (Å²) in [5, 5.41) is 13.9. The van der Waals surface area contributed by atoms with Crippen molar-refractivity contribution in [1.82, 2.24) is 19.7 Å². The van der Waals surface area contributed by atoms with E-state index in [4.69, 9.17) is 19.2 Å². The highest BCUT2D eigenvalue weighted by Gasteiger charge is 2.28. The lowest BCUT2D eigenvalue weighted by Gasteiger charge is -2.34. The molecule has 224 valence electrons. The van der Waals surface area contributed by atoms with E-state index in [0.29, 0.717) is 24.2 Å². The first-order valence-corrected chi connectivity index (χ1v) is 14.9. The van der Waals surface area contributed by atoms with Crippen molar-refractivity contribution in [3.8, 4) is 28.7 Å². The van der Waals surface area contributed by atoms with Crippen molar-refractivity contribution in [2.75, 3.05) is 19.8 Å². The Morgan fingerprint density at radius 3 is 2.74 bits per heavy atom. The molecule has 2 aromatic heterocycles. The summed E-state index contributed by atoms with van der Waals surface area (Å²) in [5.74, 6) is 0.264. The summed E-state index contributed by atoms with van der Waals surface area (Å²) in [7, 11) is 0. The molecule has 0 radical (unpaired) electrons. The molecule has 1 fully saturated rings. The highest BCUT2D eigenvalue weighted by molar-refractivity contribution is 5.90. The number of benzene rings is 2. The van der Waals surface area contributed by atoms with Crippen LogP contribution in [-0.4, -0.2) is 62.6 Å². The lowest BCUT2D eigenvalue weighted by atomic mass is 9.91. The zero-order valence-electron chi connectivity index (χ0n) is 25.2. The Bertz CT molecular complexity index is 1640. The molecule has 6 rings (SSSR count). The predicted octanol–water partition coefficient (Wildman–Crippen LogP) is 5.76. The van der Waals surface area contributed by atoms with Gasteiger partial charge in [-0.25, -0.2) is 9.78 Å². The number of aromatic nitrogens is 3. The maximum atomic E-state index is 11.8. The van der Waals surface area contributed by atoms with Gasteiger partial charge in [0.2, 0.25) is 5.88 Å². The number of ether oxygens (including phenoxy) is 3. The number of hydrogen-bond donors (Lipinski definition) is 1. The maximum absolute atomic E-state index is 11.8. The lowest BCUT2D eigenvalue weighted by Crippen LogP contribution is -2.39. The first-order chi connectivity index (χ1) is 20.8. The van der Waals surface area contributed by atoms with Crippen LogP contribution in [0.1, 0.15) is 58.4 Å². The van der Waals surface area contributed by atoms with Gasteiger partial charge in [-0.15, -0.1) is 0 Å². The van der Waals surface area contributed by atoms with E-state index in [1.807, 2.05) is 51.1 Å². The lowest BCUT2D eigenvalue weighted by molar-refractivity contribution is 0.0690. The van der Waals surface area contributed by atoms with Gasteiger partial charge in [0.05, 0.1) is 24.6 Å². The number of nitrogens with zero attached hydrogens (tertiary/aromatic N) is 4. The number of pyridine rings is 1. The summed E-state index contributed by atoms with van der Waals surface area (Å²) >= 11 is 0. The van der Waals surface area contributed by atoms with Gasteiger partial charge in [-0.3, -0.25) is 4.90 Å². The number of carboxylic acid groups (broad SMARTS) is 1. The molecule has 4 heterocycles. The highest BCUT2D eigenvalue weighted by atomic mass is 16.5. The number of carboxylic acids is 1. The van der Waals surface area contributed by atoms with Crippen LogP contribution < -0.4 is 9.47 Å². The second kappa shape index (κ2) is 12.2. The van der Waals surface area contributed by atoms with E-state index < -0.39 is 5.97 Å². The van der Waals surface area contributed by atoms with Crippen LogP contribution in [0.5, 0.6) is 11.6 Å². The van der Waals surface area contributed by atoms with E-state index in [1.54, 1.807) is 6.07 Å². The summed E-state index contributed by atoms with van der Waals surface area (Å²) in [4.78, 5) is 19.2. The highest BCUT2D eigenvalue weighted by Crippen LogP contribution is 2.35.